The Balaban J connectivity index is 1.82. The van der Waals surface area contributed by atoms with Crippen LogP contribution in [-0.4, -0.2) is 10.7 Å². The van der Waals surface area contributed by atoms with E-state index in [1.165, 1.54) is 24.8 Å². The third-order valence-corrected chi connectivity index (χ3v) is 6.44. The number of aryl methyl sites for hydroxylation is 1. The van der Waals surface area contributed by atoms with Gasteiger partial charge in [-0.05, 0) is 54.4 Å². The number of benzene rings is 1. The van der Waals surface area contributed by atoms with Crippen LogP contribution in [0.25, 0.3) is 0 Å². The summed E-state index contributed by atoms with van der Waals surface area (Å²) in [6, 6.07) is 10.6. The van der Waals surface area contributed by atoms with Crippen molar-refractivity contribution in [2.75, 3.05) is 0 Å². The zero-order chi connectivity index (χ0) is 13.7. The molecule has 2 fully saturated rings. The summed E-state index contributed by atoms with van der Waals surface area (Å²) in [6.45, 7) is 6.88. The molecule has 0 heterocycles. The van der Waals surface area contributed by atoms with Gasteiger partial charge in [0.25, 0.3) is 0 Å². The predicted molar refractivity (Wildman–Crippen MR) is 78.9 cm³/mol. The Morgan fingerprint density at radius 1 is 1.16 bits per heavy atom. The van der Waals surface area contributed by atoms with Gasteiger partial charge in [0.2, 0.25) is 0 Å². The minimum Gasteiger partial charge on any atom is -0.389 e. The minimum absolute atomic E-state index is 0.0643. The number of aliphatic hydroxyl groups is 1. The first-order chi connectivity index (χ1) is 8.89. The number of fused-ring (bicyclic) bond motifs is 2. The van der Waals surface area contributed by atoms with E-state index < -0.39 is 5.60 Å². The van der Waals surface area contributed by atoms with E-state index in [0.717, 1.165) is 12.8 Å². The fourth-order valence-corrected chi connectivity index (χ4v) is 4.94. The Hall–Kier alpha value is -0.820. The topological polar surface area (TPSA) is 20.2 Å². The first-order valence-corrected chi connectivity index (χ1v) is 7.65. The summed E-state index contributed by atoms with van der Waals surface area (Å²) in [4.78, 5) is 0. The van der Waals surface area contributed by atoms with E-state index in [0.29, 0.717) is 5.92 Å². The molecule has 3 atom stereocenters. The molecule has 0 saturated heterocycles. The van der Waals surface area contributed by atoms with E-state index in [2.05, 4.69) is 51.1 Å². The molecule has 2 aliphatic rings. The van der Waals surface area contributed by atoms with Gasteiger partial charge in [-0.25, -0.2) is 0 Å². The zero-order valence-electron chi connectivity index (χ0n) is 12.4. The maximum absolute atomic E-state index is 11.4. The van der Waals surface area contributed by atoms with Gasteiger partial charge in [0, 0.05) is 0 Å². The summed E-state index contributed by atoms with van der Waals surface area (Å²) >= 11 is 0. The quantitative estimate of drug-likeness (QED) is 0.861. The Morgan fingerprint density at radius 2 is 1.84 bits per heavy atom. The standard InChI is InChI=1S/C18H26O/c1-16(2)15-10-11-17(3,13-15)18(16,19)12-9-14-7-5-4-6-8-14/h4-8,15,19H,9-13H2,1-3H3. The van der Waals surface area contributed by atoms with Crippen LogP contribution in [0.2, 0.25) is 0 Å². The molecule has 0 radical (unpaired) electrons. The number of hydrogen-bond acceptors (Lipinski definition) is 1. The lowest BCUT2D eigenvalue weighted by atomic mass is 9.58. The highest BCUT2D eigenvalue weighted by atomic mass is 16.3. The molecule has 0 aliphatic heterocycles. The second-order valence-electron chi connectivity index (χ2n) is 7.57. The average Bonchev–Trinajstić information content (AvgIpc) is 2.86. The summed E-state index contributed by atoms with van der Waals surface area (Å²) in [5.74, 6) is 0.707. The molecule has 1 aromatic rings. The summed E-state index contributed by atoms with van der Waals surface area (Å²) in [6.07, 6.45) is 5.61. The van der Waals surface area contributed by atoms with Crippen LogP contribution >= 0.6 is 0 Å². The van der Waals surface area contributed by atoms with Crippen LogP contribution in [0.3, 0.4) is 0 Å². The molecule has 1 heteroatoms. The monoisotopic (exact) mass is 258 g/mol. The van der Waals surface area contributed by atoms with Gasteiger partial charge in [0.05, 0.1) is 5.60 Å². The van der Waals surface area contributed by atoms with Crippen LogP contribution in [0, 0.1) is 16.7 Å². The van der Waals surface area contributed by atoms with Gasteiger partial charge >= 0.3 is 0 Å². The van der Waals surface area contributed by atoms with Crippen molar-refractivity contribution in [2.24, 2.45) is 16.7 Å². The van der Waals surface area contributed by atoms with Gasteiger partial charge in [0.1, 0.15) is 0 Å². The molecule has 1 aromatic carbocycles. The lowest BCUT2D eigenvalue weighted by molar-refractivity contribution is -0.147. The molecule has 2 bridgehead atoms. The Labute approximate surface area is 117 Å². The molecule has 0 amide bonds. The van der Waals surface area contributed by atoms with Crippen molar-refractivity contribution in [1.29, 1.82) is 0 Å². The van der Waals surface area contributed by atoms with Crippen molar-refractivity contribution in [1.82, 2.24) is 0 Å². The van der Waals surface area contributed by atoms with Crippen LogP contribution < -0.4 is 0 Å². The van der Waals surface area contributed by atoms with E-state index in [9.17, 15) is 5.11 Å². The fraction of sp³-hybridized carbons (Fsp3) is 0.667. The SMILES string of the molecule is CC12CCC(C1)C(C)(C)C2(O)CCc1ccccc1. The van der Waals surface area contributed by atoms with Crippen molar-refractivity contribution >= 4 is 0 Å². The van der Waals surface area contributed by atoms with Crippen LogP contribution in [0.4, 0.5) is 0 Å². The maximum Gasteiger partial charge on any atom is 0.0757 e. The maximum atomic E-state index is 11.4. The Bertz CT molecular complexity index is 457. The first-order valence-electron chi connectivity index (χ1n) is 7.65. The Morgan fingerprint density at radius 3 is 2.42 bits per heavy atom. The first kappa shape index (κ1) is 13.2. The Kier molecular flexibility index (Phi) is 2.83. The van der Waals surface area contributed by atoms with Crippen LogP contribution in [0.1, 0.15) is 52.0 Å². The van der Waals surface area contributed by atoms with Gasteiger partial charge in [-0.15, -0.1) is 0 Å². The van der Waals surface area contributed by atoms with Crippen LogP contribution in [0.15, 0.2) is 30.3 Å². The third kappa shape index (κ3) is 1.71. The molecule has 0 aromatic heterocycles. The van der Waals surface area contributed by atoms with Crippen molar-refractivity contribution in [2.45, 2.75) is 58.5 Å². The smallest absolute Gasteiger partial charge is 0.0757 e. The third-order valence-electron chi connectivity index (χ3n) is 6.44. The predicted octanol–water partition coefficient (Wildman–Crippen LogP) is 4.20. The van der Waals surface area contributed by atoms with Gasteiger partial charge in [-0.2, -0.15) is 0 Å². The molecular formula is C18H26O. The van der Waals surface area contributed by atoms with E-state index in [-0.39, 0.29) is 10.8 Å². The van der Waals surface area contributed by atoms with Crippen LogP contribution in [0.5, 0.6) is 0 Å². The van der Waals surface area contributed by atoms with Crippen LogP contribution in [-0.2, 0) is 6.42 Å². The highest BCUT2D eigenvalue weighted by molar-refractivity contribution is 5.21. The van der Waals surface area contributed by atoms with Crippen molar-refractivity contribution < 1.29 is 5.11 Å². The molecule has 1 nitrogen and oxygen atoms in total. The highest BCUT2D eigenvalue weighted by Gasteiger charge is 2.67. The van der Waals surface area contributed by atoms with Gasteiger partial charge in [-0.3, -0.25) is 0 Å². The zero-order valence-corrected chi connectivity index (χ0v) is 12.4. The van der Waals surface area contributed by atoms with E-state index in [1.54, 1.807) is 0 Å². The molecule has 1 N–H and O–H groups in total. The highest BCUT2D eigenvalue weighted by Crippen LogP contribution is 2.69. The molecule has 2 saturated carbocycles. The second-order valence-corrected chi connectivity index (χ2v) is 7.57. The lowest BCUT2D eigenvalue weighted by Crippen LogP contribution is -2.54. The molecule has 104 valence electrons. The fourth-order valence-electron chi connectivity index (χ4n) is 4.94. The van der Waals surface area contributed by atoms with Crippen molar-refractivity contribution in [3.8, 4) is 0 Å². The second kappa shape index (κ2) is 4.09. The molecule has 19 heavy (non-hydrogen) atoms. The summed E-state index contributed by atoms with van der Waals surface area (Å²) in [5, 5.41) is 11.4. The van der Waals surface area contributed by atoms with E-state index in [4.69, 9.17) is 0 Å². The average molecular weight is 258 g/mol. The summed E-state index contributed by atoms with van der Waals surface area (Å²) < 4.78 is 0. The molecule has 2 aliphatic carbocycles. The summed E-state index contributed by atoms with van der Waals surface area (Å²) in [7, 11) is 0. The van der Waals surface area contributed by atoms with Gasteiger partial charge in [-0.1, -0.05) is 51.1 Å². The van der Waals surface area contributed by atoms with E-state index in [1.807, 2.05) is 0 Å². The number of rotatable bonds is 3. The van der Waals surface area contributed by atoms with Gasteiger partial charge < -0.3 is 5.11 Å². The normalized spacial score (nSPS) is 39.7. The number of hydrogen-bond donors (Lipinski definition) is 1. The molecular weight excluding hydrogens is 232 g/mol. The largest absolute Gasteiger partial charge is 0.389 e. The minimum atomic E-state index is -0.501. The molecule has 3 unspecified atom stereocenters. The van der Waals surface area contributed by atoms with Gasteiger partial charge in [0.15, 0.2) is 0 Å². The molecule has 0 spiro atoms. The van der Waals surface area contributed by atoms with E-state index >= 15 is 0 Å². The summed E-state index contributed by atoms with van der Waals surface area (Å²) in [5.41, 5.74) is 1.04. The van der Waals surface area contributed by atoms with Crippen molar-refractivity contribution in [3.05, 3.63) is 35.9 Å². The lowest BCUT2D eigenvalue weighted by Gasteiger charge is -2.51. The van der Waals surface area contributed by atoms with Crippen molar-refractivity contribution in [3.63, 3.8) is 0 Å². The molecule has 3 rings (SSSR count).